The van der Waals surface area contributed by atoms with Crippen LogP contribution in [0.5, 0.6) is 5.75 Å². The number of nitrogens with one attached hydrogen (secondary N) is 1. The first kappa shape index (κ1) is 21.5. The second-order valence-electron chi connectivity index (χ2n) is 7.21. The average molecular weight is 500 g/mol. The molecule has 1 aromatic carbocycles. The minimum Gasteiger partial charge on any atom is -0.508 e. The van der Waals surface area contributed by atoms with Gasteiger partial charge in [0.15, 0.2) is 11.5 Å². The zero-order chi connectivity index (χ0) is 21.8. The van der Waals surface area contributed by atoms with Crippen molar-refractivity contribution in [3.8, 4) is 17.0 Å². The van der Waals surface area contributed by atoms with E-state index < -0.39 is 0 Å². The van der Waals surface area contributed by atoms with Crippen LogP contribution in [-0.4, -0.2) is 30.2 Å². The van der Waals surface area contributed by atoms with Crippen LogP contribution >= 0.6 is 27.5 Å². The van der Waals surface area contributed by atoms with Crippen LogP contribution in [0.4, 0.5) is 5.82 Å². The van der Waals surface area contributed by atoms with E-state index in [2.05, 4.69) is 37.6 Å². The van der Waals surface area contributed by atoms with Gasteiger partial charge in [-0.3, -0.25) is 4.79 Å². The van der Waals surface area contributed by atoms with E-state index in [9.17, 15) is 9.90 Å². The number of unbranched alkanes of at least 4 members (excludes halogenated alkanes) is 3. The Labute approximate surface area is 192 Å². The molecule has 0 unspecified atom stereocenters. The molecule has 7 nitrogen and oxygen atoms in total. The van der Waals surface area contributed by atoms with E-state index >= 15 is 0 Å². The lowest BCUT2D eigenvalue weighted by Crippen LogP contribution is -2.13. The molecule has 0 bridgehead atoms. The smallest absolute Gasteiger partial charge is 0.276 e. The van der Waals surface area contributed by atoms with Gasteiger partial charge in [-0.05, 0) is 70.3 Å². The van der Waals surface area contributed by atoms with E-state index in [1.165, 1.54) is 18.0 Å². The van der Waals surface area contributed by atoms with Crippen molar-refractivity contribution in [2.45, 2.75) is 39.2 Å². The molecule has 0 aliphatic heterocycles. The highest BCUT2D eigenvalue weighted by molar-refractivity contribution is 9.10. The van der Waals surface area contributed by atoms with Crippen LogP contribution in [0.2, 0.25) is 0 Å². The number of fused-ring (bicyclic) bond motifs is 1. The van der Waals surface area contributed by atoms with Crippen LogP contribution < -0.4 is 5.32 Å². The summed E-state index contributed by atoms with van der Waals surface area (Å²) in [6.45, 7) is 2.89. The third-order valence-electron chi connectivity index (χ3n) is 4.94. The highest BCUT2D eigenvalue weighted by Crippen LogP contribution is 2.33. The third-order valence-corrected chi connectivity index (χ3v) is 6.11. The quantitative estimate of drug-likeness (QED) is 0.296. The number of hydrogen-bond donors (Lipinski definition) is 2. The maximum absolute atomic E-state index is 12.6. The van der Waals surface area contributed by atoms with Crippen LogP contribution in [0.15, 0.2) is 46.3 Å². The van der Waals surface area contributed by atoms with Gasteiger partial charge in [-0.1, -0.05) is 26.2 Å². The molecule has 0 saturated carbocycles. The molecule has 0 saturated heterocycles. The Morgan fingerprint density at radius 3 is 2.71 bits per heavy atom. The Bertz CT molecular complexity index is 1190. The molecule has 3 heterocycles. The van der Waals surface area contributed by atoms with Gasteiger partial charge in [-0.25, -0.2) is 9.67 Å². The number of hydrogen-bond acceptors (Lipinski definition) is 6. The van der Waals surface area contributed by atoms with Crippen LogP contribution in [0.25, 0.3) is 22.3 Å². The number of nitrogens with zero attached hydrogens (tertiary/aromatic N) is 4. The van der Waals surface area contributed by atoms with Gasteiger partial charge in [-0.15, -0.1) is 0 Å². The number of pyridine rings is 1. The normalized spacial score (nSPS) is 11.2. The predicted octanol–water partition coefficient (Wildman–Crippen LogP) is 5.86. The van der Waals surface area contributed by atoms with E-state index in [1.807, 2.05) is 22.9 Å². The maximum atomic E-state index is 12.6. The summed E-state index contributed by atoms with van der Waals surface area (Å²) in [5.74, 6) is 0.375. The number of halogens is 1. The zero-order valence-electron chi connectivity index (χ0n) is 17.0. The molecule has 0 atom stereocenters. The van der Waals surface area contributed by atoms with Crippen molar-refractivity contribution in [1.29, 1.82) is 0 Å². The number of carbonyl (C=O) groups is 1. The summed E-state index contributed by atoms with van der Waals surface area (Å²) in [6, 6.07) is 10.5. The Hall–Kier alpha value is -2.78. The number of phenols is 1. The van der Waals surface area contributed by atoms with E-state index in [0.29, 0.717) is 23.7 Å². The monoisotopic (exact) mass is 499 g/mol. The fourth-order valence-corrected chi connectivity index (χ4v) is 4.39. The number of benzene rings is 1. The highest BCUT2D eigenvalue weighted by atomic mass is 79.9. The van der Waals surface area contributed by atoms with Gasteiger partial charge < -0.3 is 10.4 Å². The van der Waals surface area contributed by atoms with Crippen molar-refractivity contribution in [3.05, 3.63) is 51.9 Å². The minimum absolute atomic E-state index is 0.203. The van der Waals surface area contributed by atoms with Crippen LogP contribution in [0, 0.1) is 0 Å². The summed E-state index contributed by atoms with van der Waals surface area (Å²) < 4.78 is 6.73. The van der Waals surface area contributed by atoms with Gasteiger partial charge in [0.2, 0.25) is 0 Å². The first-order valence-electron chi connectivity index (χ1n) is 10.1. The average Bonchev–Trinajstić information content (AvgIpc) is 3.41. The van der Waals surface area contributed by atoms with Crippen LogP contribution in [0.3, 0.4) is 0 Å². The van der Waals surface area contributed by atoms with Crippen LogP contribution in [0.1, 0.15) is 43.1 Å². The molecule has 0 radical (unpaired) electrons. The fourth-order valence-electron chi connectivity index (χ4n) is 3.33. The van der Waals surface area contributed by atoms with Gasteiger partial charge in [0.25, 0.3) is 5.91 Å². The Kier molecular flexibility index (Phi) is 6.62. The molecule has 3 aromatic heterocycles. The molecule has 160 valence electrons. The van der Waals surface area contributed by atoms with E-state index in [1.54, 1.807) is 23.6 Å². The number of rotatable bonds is 8. The van der Waals surface area contributed by atoms with E-state index in [-0.39, 0.29) is 11.7 Å². The summed E-state index contributed by atoms with van der Waals surface area (Å²) in [5, 5.41) is 19.7. The van der Waals surface area contributed by atoms with Crippen molar-refractivity contribution in [1.82, 2.24) is 19.1 Å². The predicted molar refractivity (Wildman–Crippen MR) is 127 cm³/mol. The molecule has 31 heavy (non-hydrogen) atoms. The van der Waals surface area contributed by atoms with Gasteiger partial charge in [0.05, 0.1) is 11.1 Å². The van der Waals surface area contributed by atoms with Crippen molar-refractivity contribution in [2.24, 2.45) is 0 Å². The standard InChI is InChI=1S/C22H22BrN5O2S/c1-2-3-4-5-11-28-21-16(20(26-28)25-22(30)18-10-12-31-27-18)13-17(23)19(24-21)14-6-8-15(29)9-7-14/h6-10,12-13,29H,2-5,11H2,1H3,(H,25,26,30). The number of anilines is 1. The summed E-state index contributed by atoms with van der Waals surface area (Å²) in [4.78, 5) is 17.4. The largest absolute Gasteiger partial charge is 0.508 e. The summed E-state index contributed by atoms with van der Waals surface area (Å²) in [5.41, 5.74) is 2.69. The first-order chi connectivity index (χ1) is 15.1. The Balaban J connectivity index is 1.74. The van der Waals surface area contributed by atoms with Gasteiger partial charge in [0, 0.05) is 22.0 Å². The van der Waals surface area contributed by atoms with E-state index in [0.717, 1.165) is 40.4 Å². The van der Waals surface area contributed by atoms with Gasteiger partial charge >= 0.3 is 0 Å². The summed E-state index contributed by atoms with van der Waals surface area (Å²) in [6.07, 6.45) is 4.42. The number of aromatic nitrogens is 4. The maximum Gasteiger partial charge on any atom is 0.276 e. The van der Waals surface area contributed by atoms with Crippen molar-refractivity contribution in [2.75, 3.05) is 5.32 Å². The van der Waals surface area contributed by atoms with Crippen molar-refractivity contribution in [3.63, 3.8) is 0 Å². The number of aromatic hydroxyl groups is 1. The Morgan fingerprint density at radius 2 is 2.00 bits per heavy atom. The molecule has 0 fully saturated rings. The topological polar surface area (TPSA) is 92.9 Å². The lowest BCUT2D eigenvalue weighted by molar-refractivity contribution is 0.102. The highest BCUT2D eigenvalue weighted by Gasteiger charge is 2.19. The molecule has 9 heteroatoms. The molecule has 4 aromatic rings. The molecular weight excluding hydrogens is 478 g/mol. The molecule has 4 rings (SSSR count). The summed E-state index contributed by atoms with van der Waals surface area (Å²) in [7, 11) is 0. The van der Waals surface area contributed by atoms with Crippen molar-refractivity contribution < 1.29 is 9.90 Å². The fraction of sp³-hybridized carbons (Fsp3) is 0.273. The first-order valence-corrected chi connectivity index (χ1v) is 11.8. The second kappa shape index (κ2) is 9.57. The summed E-state index contributed by atoms with van der Waals surface area (Å²) >= 11 is 4.84. The lowest BCUT2D eigenvalue weighted by Gasteiger charge is -2.07. The number of amides is 1. The SMILES string of the molecule is CCCCCCn1nc(NC(=O)c2ccsn2)c2cc(Br)c(-c3ccc(O)cc3)nc21. The molecule has 0 spiro atoms. The molecule has 0 aliphatic rings. The third kappa shape index (κ3) is 4.77. The lowest BCUT2D eigenvalue weighted by atomic mass is 10.1. The number of aryl methyl sites for hydroxylation is 1. The Morgan fingerprint density at radius 1 is 1.19 bits per heavy atom. The van der Waals surface area contributed by atoms with Gasteiger partial charge in [-0.2, -0.15) is 9.47 Å². The zero-order valence-corrected chi connectivity index (χ0v) is 19.4. The second-order valence-corrected chi connectivity index (χ2v) is 8.73. The number of carbonyl (C=O) groups excluding carboxylic acids is 1. The number of phenolic OH excluding ortho intramolecular Hbond substituents is 1. The van der Waals surface area contributed by atoms with Gasteiger partial charge in [0.1, 0.15) is 11.4 Å². The minimum atomic E-state index is -0.294. The molecule has 0 aliphatic carbocycles. The van der Waals surface area contributed by atoms with E-state index in [4.69, 9.17) is 4.98 Å². The molecular formula is C22H22BrN5O2S. The molecule has 2 N–H and O–H groups in total. The molecule has 1 amide bonds. The van der Waals surface area contributed by atoms with Crippen molar-refractivity contribution >= 4 is 50.2 Å². The van der Waals surface area contributed by atoms with Crippen LogP contribution in [-0.2, 0) is 6.54 Å².